The minimum atomic E-state index is -0.262. The molecule has 0 heterocycles. The molecule has 0 aromatic heterocycles. The fraction of sp³-hybridized carbons (Fsp3) is 0.263. The number of hydrogen-bond acceptors (Lipinski definition) is 3. The van der Waals surface area contributed by atoms with Crippen LogP contribution in [0.1, 0.15) is 19.4 Å². The van der Waals surface area contributed by atoms with Crippen molar-refractivity contribution in [1.82, 2.24) is 5.32 Å². The van der Waals surface area contributed by atoms with Crippen LogP contribution in [0.25, 0.3) is 0 Å². The van der Waals surface area contributed by atoms with E-state index in [0.717, 1.165) is 11.3 Å². The van der Waals surface area contributed by atoms with Crippen molar-refractivity contribution in [3.63, 3.8) is 0 Å². The molecule has 2 N–H and O–H groups in total. The van der Waals surface area contributed by atoms with E-state index in [0.29, 0.717) is 12.3 Å². The SMILES string of the molecule is CC(C)C(=O)NCC(=O)Nc1ccc(OCc2ccccc2)cc1. The molecule has 5 heteroatoms. The fourth-order valence-electron chi connectivity index (χ4n) is 1.95. The number of rotatable bonds is 7. The van der Waals surface area contributed by atoms with Crippen molar-refractivity contribution in [2.75, 3.05) is 11.9 Å². The molecule has 0 fully saturated rings. The van der Waals surface area contributed by atoms with Gasteiger partial charge in [-0.05, 0) is 29.8 Å². The van der Waals surface area contributed by atoms with Gasteiger partial charge in [-0.25, -0.2) is 0 Å². The normalized spacial score (nSPS) is 10.3. The zero-order chi connectivity index (χ0) is 17.4. The number of anilines is 1. The van der Waals surface area contributed by atoms with Gasteiger partial charge < -0.3 is 15.4 Å². The third kappa shape index (κ3) is 5.76. The van der Waals surface area contributed by atoms with Crippen molar-refractivity contribution in [1.29, 1.82) is 0 Å². The quantitative estimate of drug-likeness (QED) is 0.822. The van der Waals surface area contributed by atoms with Crippen molar-refractivity contribution in [3.05, 3.63) is 60.2 Å². The van der Waals surface area contributed by atoms with Crippen LogP contribution in [-0.2, 0) is 16.2 Å². The third-order valence-corrected chi connectivity index (χ3v) is 3.33. The summed E-state index contributed by atoms with van der Waals surface area (Å²) >= 11 is 0. The second-order valence-corrected chi connectivity index (χ2v) is 5.72. The van der Waals surface area contributed by atoms with Crippen LogP contribution in [0.5, 0.6) is 5.75 Å². The van der Waals surface area contributed by atoms with Gasteiger partial charge in [-0.2, -0.15) is 0 Å². The molecule has 0 radical (unpaired) electrons. The lowest BCUT2D eigenvalue weighted by molar-refractivity contribution is -0.126. The van der Waals surface area contributed by atoms with Gasteiger partial charge in [0, 0.05) is 11.6 Å². The monoisotopic (exact) mass is 326 g/mol. The largest absolute Gasteiger partial charge is 0.489 e. The van der Waals surface area contributed by atoms with E-state index in [1.165, 1.54) is 0 Å². The Balaban J connectivity index is 1.79. The van der Waals surface area contributed by atoms with Gasteiger partial charge in [0.25, 0.3) is 0 Å². The lowest BCUT2D eigenvalue weighted by atomic mass is 10.2. The van der Waals surface area contributed by atoms with E-state index in [9.17, 15) is 9.59 Å². The summed E-state index contributed by atoms with van der Waals surface area (Å²) in [6, 6.07) is 17.0. The highest BCUT2D eigenvalue weighted by Gasteiger charge is 2.09. The molecule has 0 atom stereocenters. The molecule has 24 heavy (non-hydrogen) atoms. The topological polar surface area (TPSA) is 67.4 Å². The Morgan fingerprint density at radius 1 is 1.00 bits per heavy atom. The van der Waals surface area contributed by atoms with Crippen LogP contribution in [0.2, 0.25) is 0 Å². The zero-order valence-electron chi connectivity index (χ0n) is 13.9. The van der Waals surface area contributed by atoms with Crippen LogP contribution in [-0.4, -0.2) is 18.4 Å². The van der Waals surface area contributed by atoms with Crippen molar-refractivity contribution in [2.24, 2.45) is 5.92 Å². The van der Waals surface area contributed by atoms with Crippen molar-refractivity contribution in [2.45, 2.75) is 20.5 Å². The first-order chi connectivity index (χ1) is 11.5. The Kier molecular flexibility index (Phi) is 6.37. The molecule has 0 aliphatic rings. The van der Waals surface area contributed by atoms with Crippen LogP contribution in [0, 0.1) is 5.92 Å². The van der Waals surface area contributed by atoms with Crippen LogP contribution >= 0.6 is 0 Å². The van der Waals surface area contributed by atoms with E-state index >= 15 is 0 Å². The number of carbonyl (C=O) groups excluding carboxylic acids is 2. The molecule has 5 nitrogen and oxygen atoms in total. The van der Waals surface area contributed by atoms with Crippen LogP contribution in [0.3, 0.4) is 0 Å². The zero-order valence-corrected chi connectivity index (χ0v) is 13.9. The van der Waals surface area contributed by atoms with Crippen LogP contribution < -0.4 is 15.4 Å². The summed E-state index contributed by atoms with van der Waals surface area (Å²) in [5.74, 6) is 0.181. The van der Waals surface area contributed by atoms with Gasteiger partial charge in [0.05, 0.1) is 6.54 Å². The molecule has 126 valence electrons. The summed E-state index contributed by atoms with van der Waals surface area (Å²) in [5.41, 5.74) is 1.75. The molecule has 0 spiro atoms. The molecule has 0 unspecified atom stereocenters. The highest BCUT2D eigenvalue weighted by molar-refractivity contribution is 5.94. The van der Waals surface area contributed by atoms with E-state index in [1.54, 1.807) is 38.1 Å². The van der Waals surface area contributed by atoms with Crippen molar-refractivity contribution >= 4 is 17.5 Å². The molecular formula is C19H22N2O3. The van der Waals surface area contributed by atoms with Crippen LogP contribution in [0.15, 0.2) is 54.6 Å². The summed E-state index contributed by atoms with van der Waals surface area (Å²) in [5, 5.41) is 5.30. The third-order valence-electron chi connectivity index (χ3n) is 3.33. The average molecular weight is 326 g/mol. The number of hydrogen-bond donors (Lipinski definition) is 2. The Morgan fingerprint density at radius 2 is 1.67 bits per heavy atom. The summed E-state index contributed by atoms with van der Waals surface area (Å²) in [6.07, 6.45) is 0. The fourth-order valence-corrected chi connectivity index (χ4v) is 1.95. The average Bonchev–Trinajstić information content (AvgIpc) is 2.60. The second-order valence-electron chi connectivity index (χ2n) is 5.72. The summed E-state index contributed by atoms with van der Waals surface area (Å²) in [7, 11) is 0. The number of carbonyl (C=O) groups is 2. The molecule has 2 aromatic rings. The Hall–Kier alpha value is -2.82. The maximum atomic E-state index is 11.8. The van der Waals surface area contributed by atoms with E-state index in [1.807, 2.05) is 30.3 Å². The molecule has 0 aliphatic heterocycles. The lowest BCUT2D eigenvalue weighted by Gasteiger charge is -2.10. The minimum absolute atomic E-state index is 0.0384. The number of nitrogens with one attached hydrogen (secondary N) is 2. The first-order valence-electron chi connectivity index (χ1n) is 7.89. The highest BCUT2D eigenvalue weighted by atomic mass is 16.5. The van der Waals surface area contributed by atoms with E-state index in [2.05, 4.69) is 10.6 Å². The molecule has 0 aliphatic carbocycles. The number of benzene rings is 2. The summed E-state index contributed by atoms with van der Waals surface area (Å²) in [6.45, 7) is 4.01. The predicted molar refractivity (Wildman–Crippen MR) is 93.7 cm³/mol. The maximum absolute atomic E-state index is 11.8. The second kappa shape index (κ2) is 8.72. The van der Waals surface area contributed by atoms with Gasteiger partial charge in [0.2, 0.25) is 11.8 Å². The number of amides is 2. The minimum Gasteiger partial charge on any atom is -0.489 e. The first-order valence-corrected chi connectivity index (χ1v) is 7.89. The molecule has 2 rings (SSSR count). The van der Waals surface area contributed by atoms with Gasteiger partial charge in [-0.3, -0.25) is 9.59 Å². The summed E-state index contributed by atoms with van der Waals surface area (Å²) in [4.78, 5) is 23.2. The van der Waals surface area contributed by atoms with Gasteiger partial charge in [0.1, 0.15) is 12.4 Å². The van der Waals surface area contributed by atoms with Crippen LogP contribution in [0.4, 0.5) is 5.69 Å². The highest BCUT2D eigenvalue weighted by Crippen LogP contribution is 2.17. The maximum Gasteiger partial charge on any atom is 0.243 e. The smallest absolute Gasteiger partial charge is 0.243 e. The Labute approximate surface area is 142 Å². The van der Waals surface area contributed by atoms with Crippen molar-refractivity contribution < 1.29 is 14.3 Å². The molecule has 0 bridgehead atoms. The molecular weight excluding hydrogens is 304 g/mol. The van der Waals surface area contributed by atoms with Gasteiger partial charge in [-0.1, -0.05) is 44.2 Å². The van der Waals surface area contributed by atoms with Crippen molar-refractivity contribution in [3.8, 4) is 5.75 Å². The van der Waals surface area contributed by atoms with Gasteiger partial charge >= 0.3 is 0 Å². The standard InChI is InChI=1S/C19H22N2O3/c1-14(2)19(23)20-12-18(22)21-16-8-10-17(11-9-16)24-13-15-6-4-3-5-7-15/h3-11,14H,12-13H2,1-2H3,(H,20,23)(H,21,22). The summed E-state index contributed by atoms with van der Waals surface area (Å²) < 4.78 is 5.69. The van der Waals surface area contributed by atoms with Gasteiger partial charge in [0.15, 0.2) is 0 Å². The predicted octanol–water partition coefficient (Wildman–Crippen LogP) is 2.98. The van der Waals surface area contributed by atoms with E-state index in [4.69, 9.17) is 4.74 Å². The molecule has 2 amide bonds. The number of ether oxygens (including phenoxy) is 1. The Morgan fingerprint density at radius 3 is 2.29 bits per heavy atom. The first kappa shape index (κ1) is 17.5. The van der Waals surface area contributed by atoms with E-state index < -0.39 is 0 Å². The Bertz CT molecular complexity index is 667. The molecule has 2 aromatic carbocycles. The van der Waals surface area contributed by atoms with Gasteiger partial charge in [-0.15, -0.1) is 0 Å². The molecule has 0 saturated carbocycles. The lowest BCUT2D eigenvalue weighted by Crippen LogP contribution is -2.35. The van der Waals surface area contributed by atoms with E-state index in [-0.39, 0.29) is 24.3 Å². The molecule has 0 saturated heterocycles.